The van der Waals surface area contributed by atoms with Crippen LogP contribution in [0.1, 0.15) is 70.4 Å². The highest BCUT2D eigenvalue weighted by atomic mass is 16.3. The maximum Gasteiger partial charge on any atom is 0.0899 e. The van der Waals surface area contributed by atoms with E-state index >= 15 is 0 Å². The highest BCUT2D eigenvalue weighted by molar-refractivity contribution is 5.31. The molecule has 1 aromatic rings. The Balaban J connectivity index is 1.87. The SMILES string of the molecule is Cc1ccc(C(C)(O)C2CCC3=C(C2)C(C)(C)CCC3)cc1. The van der Waals surface area contributed by atoms with Gasteiger partial charge < -0.3 is 5.11 Å². The second kappa shape index (κ2) is 5.53. The van der Waals surface area contributed by atoms with Crippen LogP contribution in [-0.2, 0) is 5.60 Å². The molecule has 2 aliphatic carbocycles. The summed E-state index contributed by atoms with van der Waals surface area (Å²) in [5.41, 5.74) is 5.28. The van der Waals surface area contributed by atoms with Crippen molar-refractivity contribution in [1.82, 2.24) is 0 Å². The van der Waals surface area contributed by atoms with Crippen LogP contribution in [0.25, 0.3) is 0 Å². The molecule has 0 saturated heterocycles. The van der Waals surface area contributed by atoms with E-state index in [9.17, 15) is 5.11 Å². The second-order valence-electron chi connectivity index (χ2n) is 8.27. The van der Waals surface area contributed by atoms with E-state index in [1.807, 2.05) is 6.92 Å². The van der Waals surface area contributed by atoms with Crippen LogP contribution in [0.3, 0.4) is 0 Å². The van der Waals surface area contributed by atoms with Gasteiger partial charge in [0.2, 0.25) is 0 Å². The first-order valence-corrected chi connectivity index (χ1v) is 8.81. The first-order chi connectivity index (χ1) is 10.3. The zero-order valence-corrected chi connectivity index (χ0v) is 14.6. The molecule has 0 radical (unpaired) electrons. The third kappa shape index (κ3) is 2.76. The van der Waals surface area contributed by atoms with E-state index in [4.69, 9.17) is 0 Å². The van der Waals surface area contributed by atoms with Crippen LogP contribution in [0.15, 0.2) is 35.4 Å². The minimum atomic E-state index is -0.722. The lowest BCUT2D eigenvalue weighted by atomic mass is 9.62. The molecule has 0 aromatic heterocycles. The second-order valence-corrected chi connectivity index (χ2v) is 8.27. The van der Waals surface area contributed by atoms with Gasteiger partial charge in [-0.25, -0.2) is 0 Å². The normalized spacial score (nSPS) is 27.2. The Labute approximate surface area is 135 Å². The third-order valence-electron chi connectivity index (χ3n) is 6.20. The molecule has 3 rings (SSSR count). The molecule has 0 fully saturated rings. The summed E-state index contributed by atoms with van der Waals surface area (Å²) in [6, 6.07) is 8.43. The van der Waals surface area contributed by atoms with Crippen molar-refractivity contribution in [2.75, 3.05) is 0 Å². The van der Waals surface area contributed by atoms with Crippen molar-refractivity contribution >= 4 is 0 Å². The summed E-state index contributed by atoms with van der Waals surface area (Å²) >= 11 is 0. The van der Waals surface area contributed by atoms with Crippen LogP contribution in [0.4, 0.5) is 0 Å². The van der Waals surface area contributed by atoms with E-state index in [-0.39, 0.29) is 0 Å². The molecule has 2 aliphatic rings. The molecule has 0 saturated carbocycles. The van der Waals surface area contributed by atoms with Gasteiger partial charge in [0.05, 0.1) is 5.60 Å². The Morgan fingerprint density at radius 3 is 2.50 bits per heavy atom. The van der Waals surface area contributed by atoms with E-state index in [2.05, 4.69) is 45.0 Å². The fourth-order valence-corrected chi connectivity index (χ4v) is 4.52. The summed E-state index contributed by atoms with van der Waals surface area (Å²) in [5.74, 6) is 0.339. The minimum absolute atomic E-state index is 0.329. The number of aryl methyl sites for hydroxylation is 1. The minimum Gasteiger partial charge on any atom is -0.385 e. The number of aliphatic hydroxyl groups is 1. The fourth-order valence-electron chi connectivity index (χ4n) is 4.52. The van der Waals surface area contributed by atoms with Gasteiger partial charge in [0.1, 0.15) is 0 Å². The van der Waals surface area contributed by atoms with Crippen molar-refractivity contribution in [3.05, 3.63) is 46.5 Å². The Morgan fingerprint density at radius 2 is 1.82 bits per heavy atom. The van der Waals surface area contributed by atoms with Crippen LogP contribution >= 0.6 is 0 Å². The van der Waals surface area contributed by atoms with Crippen molar-refractivity contribution in [3.8, 4) is 0 Å². The number of benzene rings is 1. The molecule has 0 heterocycles. The predicted molar refractivity (Wildman–Crippen MR) is 92.7 cm³/mol. The van der Waals surface area contributed by atoms with E-state index in [0.29, 0.717) is 11.3 Å². The standard InChI is InChI=1S/C21H30O/c1-15-7-10-17(11-8-15)21(4,22)18-12-9-16-6-5-13-20(2,3)19(16)14-18/h7-8,10-11,18,22H,5-6,9,12-14H2,1-4H3. The lowest BCUT2D eigenvalue weighted by molar-refractivity contribution is -0.0149. The molecule has 120 valence electrons. The molecule has 0 spiro atoms. The van der Waals surface area contributed by atoms with Crippen molar-refractivity contribution in [3.63, 3.8) is 0 Å². The zero-order valence-electron chi connectivity index (χ0n) is 14.6. The van der Waals surface area contributed by atoms with Crippen molar-refractivity contribution < 1.29 is 5.11 Å². The molecule has 0 aliphatic heterocycles. The first-order valence-electron chi connectivity index (χ1n) is 8.81. The van der Waals surface area contributed by atoms with Gasteiger partial charge >= 0.3 is 0 Å². The Morgan fingerprint density at radius 1 is 1.14 bits per heavy atom. The number of allylic oxidation sites excluding steroid dienone is 2. The average molecular weight is 298 g/mol. The third-order valence-corrected chi connectivity index (χ3v) is 6.20. The summed E-state index contributed by atoms with van der Waals surface area (Å²) in [7, 11) is 0. The molecule has 0 amide bonds. The summed E-state index contributed by atoms with van der Waals surface area (Å²) in [6.07, 6.45) is 7.30. The summed E-state index contributed by atoms with van der Waals surface area (Å²) in [5, 5.41) is 11.2. The number of hydrogen-bond acceptors (Lipinski definition) is 1. The van der Waals surface area contributed by atoms with Gasteiger partial charge in [-0.3, -0.25) is 0 Å². The van der Waals surface area contributed by atoms with Crippen LogP contribution in [0.2, 0.25) is 0 Å². The van der Waals surface area contributed by atoms with E-state index < -0.39 is 5.60 Å². The molecule has 22 heavy (non-hydrogen) atoms. The lowest BCUT2D eigenvalue weighted by Crippen LogP contribution is -2.36. The van der Waals surface area contributed by atoms with Gasteiger partial charge in [0.15, 0.2) is 0 Å². The molecule has 1 N–H and O–H groups in total. The number of hydrogen-bond donors (Lipinski definition) is 1. The quantitative estimate of drug-likeness (QED) is 0.714. The maximum absolute atomic E-state index is 11.2. The Kier molecular flexibility index (Phi) is 3.97. The van der Waals surface area contributed by atoms with Crippen LogP contribution in [0, 0.1) is 18.3 Å². The van der Waals surface area contributed by atoms with Gasteiger partial charge in [-0.2, -0.15) is 0 Å². The predicted octanol–water partition coefficient (Wildman–Crippen LogP) is 5.51. The maximum atomic E-state index is 11.2. The highest BCUT2D eigenvalue weighted by Gasteiger charge is 2.40. The molecule has 1 nitrogen and oxygen atoms in total. The van der Waals surface area contributed by atoms with Crippen molar-refractivity contribution in [2.45, 2.75) is 71.8 Å². The summed E-state index contributed by atoms with van der Waals surface area (Å²) < 4.78 is 0. The topological polar surface area (TPSA) is 20.2 Å². The van der Waals surface area contributed by atoms with E-state index in [1.54, 1.807) is 11.1 Å². The van der Waals surface area contributed by atoms with Gasteiger partial charge in [0, 0.05) is 0 Å². The smallest absolute Gasteiger partial charge is 0.0899 e. The Hall–Kier alpha value is -1.08. The molecular weight excluding hydrogens is 268 g/mol. The zero-order chi connectivity index (χ0) is 16.0. The Bertz CT molecular complexity index is 574. The summed E-state index contributed by atoms with van der Waals surface area (Å²) in [4.78, 5) is 0. The first kappa shape index (κ1) is 15.8. The molecule has 1 heteroatoms. The van der Waals surface area contributed by atoms with Gasteiger partial charge in [-0.15, -0.1) is 0 Å². The molecule has 0 bridgehead atoms. The average Bonchev–Trinajstić information content (AvgIpc) is 2.47. The van der Waals surface area contributed by atoms with Crippen LogP contribution in [-0.4, -0.2) is 5.11 Å². The lowest BCUT2D eigenvalue weighted by Gasteiger charge is -2.44. The fraction of sp³-hybridized carbons (Fsp3) is 0.619. The molecule has 1 aromatic carbocycles. The monoisotopic (exact) mass is 298 g/mol. The van der Waals surface area contributed by atoms with Crippen LogP contribution in [0.5, 0.6) is 0 Å². The van der Waals surface area contributed by atoms with Crippen molar-refractivity contribution in [2.24, 2.45) is 11.3 Å². The highest BCUT2D eigenvalue weighted by Crippen LogP contribution is 2.51. The van der Waals surface area contributed by atoms with Gasteiger partial charge in [0.25, 0.3) is 0 Å². The molecule has 2 unspecified atom stereocenters. The summed E-state index contributed by atoms with van der Waals surface area (Å²) in [6.45, 7) is 8.90. The van der Waals surface area contributed by atoms with E-state index in [1.165, 1.54) is 31.2 Å². The van der Waals surface area contributed by atoms with Gasteiger partial charge in [-0.1, -0.05) is 54.8 Å². The number of rotatable bonds is 2. The van der Waals surface area contributed by atoms with Crippen molar-refractivity contribution in [1.29, 1.82) is 0 Å². The van der Waals surface area contributed by atoms with Gasteiger partial charge in [-0.05, 0) is 69.3 Å². The molecule has 2 atom stereocenters. The van der Waals surface area contributed by atoms with Crippen LogP contribution < -0.4 is 0 Å². The molecular formula is C21H30O. The van der Waals surface area contributed by atoms with E-state index in [0.717, 1.165) is 18.4 Å². The largest absolute Gasteiger partial charge is 0.385 e.